The summed E-state index contributed by atoms with van der Waals surface area (Å²) in [6, 6.07) is 5.08. The number of nitrogens with zero attached hydrogens (tertiary/aromatic N) is 5. The van der Waals surface area contributed by atoms with Crippen LogP contribution in [0.1, 0.15) is 41.1 Å². The zero-order valence-corrected chi connectivity index (χ0v) is 22.5. The van der Waals surface area contributed by atoms with Crippen molar-refractivity contribution in [2.24, 2.45) is 14.1 Å². The van der Waals surface area contributed by atoms with E-state index in [1.807, 2.05) is 13.8 Å². The highest BCUT2D eigenvalue weighted by molar-refractivity contribution is 6.36. The van der Waals surface area contributed by atoms with Crippen LogP contribution >= 0.6 is 11.6 Å². The lowest BCUT2D eigenvalue weighted by atomic mass is 9.86. The average molecular weight is 549 g/mol. The molecule has 4 rings (SSSR count). The number of hydrogen-bond acceptors (Lipinski definition) is 6. The molecule has 0 fully saturated rings. The maximum atomic E-state index is 13.3. The molecule has 8 nitrogen and oxygen atoms in total. The first-order valence-electron chi connectivity index (χ1n) is 11.7. The van der Waals surface area contributed by atoms with E-state index in [1.54, 1.807) is 53.8 Å². The number of pyridine rings is 1. The number of imidazole rings is 2. The standard InChI is InChI=1S/C26H28ClF3N6O2/c1-7-20(26(28,29)30)33-11-18-23(27)17-10-16(8-9-19(17)34-24(18)38-6)25(37,21-12-31-14(2)35(21)4)22-13-32-15(3)36(22)5/h7-10,12-13,33,37H,11H2,1-6H3/b20-7+. The summed E-state index contributed by atoms with van der Waals surface area (Å²) in [5, 5.41) is 15.4. The van der Waals surface area contributed by atoms with Gasteiger partial charge in [0.2, 0.25) is 5.88 Å². The third-order valence-electron chi connectivity index (χ3n) is 6.82. The van der Waals surface area contributed by atoms with Crippen LogP contribution in [0, 0.1) is 13.8 Å². The largest absolute Gasteiger partial charge is 0.481 e. The van der Waals surface area contributed by atoms with Gasteiger partial charge in [0.25, 0.3) is 0 Å². The summed E-state index contributed by atoms with van der Waals surface area (Å²) in [4.78, 5) is 13.2. The number of benzene rings is 1. The molecule has 3 aromatic heterocycles. The van der Waals surface area contributed by atoms with Crippen molar-refractivity contribution in [1.82, 2.24) is 29.4 Å². The Morgan fingerprint density at radius 2 is 1.68 bits per heavy atom. The van der Waals surface area contributed by atoms with Crippen LogP contribution in [0.3, 0.4) is 0 Å². The molecule has 0 saturated heterocycles. The van der Waals surface area contributed by atoms with Gasteiger partial charge in [0.1, 0.15) is 17.3 Å². The number of fused-ring (bicyclic) bond motifs is 1. The van der Waals surface area contributed by atoms with Gasteiger partial charge in [-0.2, -0.15) is 13.2 Å². The number of rotatable bonds is 7. The molecule has 1 aromatic carbocycles. The zero-order valence-electron chi connectivity index (χ0n) is 21.8. The minimum atomic E-state index is -4.55. The molecule has 202 valence electrons. The van der Waals surface area contributed by atoms with Crippen molar-refractivity contribution in [3.8, 4) is 5.88 Å². The van der Waals surface area contributed by atoms with Gasteiger partial charge in [-0.15, -0.1) is 0 Å². The van der Waals surface area contributed by atoms with E-state index in [0.29, 0.717) is 39.5 Å². The third-order valence-corrected chi connectivity index (χ3v) is 7.25. The second kappa shape index (κ2) is 9.95. The fourth-order valence-corrected chi connectivity index (χ4v) is 4.74. The summed E-state index contributed by atoms with van der Waals surface area (Å²) in [5.74, 6) is 1.49. The SMILES string of the molecule is C/C=C(/NCc1c(OC)nc2ccc(C(O)(c3cnc(C)n3C)c3cnc(C)n3C)cc2c1Cl)C(F)(F)F. The molecule has 0 amide bonds. The van der Waals surface area contributed by atoms with Crippen LogP contribution in [-0.4, -0.2) is 42.5 Å². The predicted octanol–water partition coefficient (Wildman–Crippen LogP) is 4.82. The van der Waals surface area contributed by atoms with Gasteiger partial charge >= 0.3 is 6.18 Å². The van der Waals surface area contributed by atoms with Crippen molar-refractivity contribution in [3.05, 3.63) is 81.6 Å². The maximum Gasteiger partial charge on any atom is 0.430 e. The molecule has 4 aromatic rings. The number of aryl methyl sites for hydroxylation is 2. The normalized spacial score (nSPS) is 12.9. The van der Waals surface area contributed by atoms with E-state index in [1.165, 1.54) is 14.0 Å². The molecule has 0 atom stereocenters. The Hall–Kier alpha value is -3.57. The summed E-state index contributed by atoms with van der Waals surface area (Å²) in [5.41, 5.74) is -0.439. The van der Waals surface area contributed by atoms with Gasteiger partial charge in [0.15, 0.2) is 5.60 Å². The van der Waals surface area contributed by atoms with Crippen LogP contribution in [-0.2, 0) is 26.2 Å². The van der Waals surface area contributed by atoms with Gasteiger partial charge in [-0.05, 0) is 38.5 Å². The zero-order chi connectivity index (χ0) is 28.0. The lowest BCUT2D eigenvalue weighted by Gasteiger charge is -2.30. The summed E-state index contributed by atoms with van der Waals surface area (Å²) >= 11 is 6.77. The number of methoxy groups -OCH3 is 1. The lowest BCUT2D eigenvalue weighted by molar-refractivity contribution is -0.0970. The molecule has 0 bridgehead atoms. The summed E-state index contributed by atoms with van der Waals surface area (Å²) in [6.45, 7) is 4.66. The van der Waals surface area contributed by atoms with E-state index in [-0.39, 0.29) is 23.0 Å². The van der Waals surface area contributed by atoms with E-state index in [0.717, 1.165) is 6.08 Å². The number of nitrogens with one attached hydrogen (secondary N) is 1. The molecule has 12 heteroatoms. The van der Waals surface area contributed by atoms with Gasteiger partial charge in [-0.1, -0.05) is 23.7 Å². The Balaban J connectivity index is 1.92. The van der Waals surface area contributed by atoms with Gasteiger partial charge in [0, 0.05) is 26.0 Å². The smallest absolute Gasteiger partial charge is 0.430 e. The number of aromatic nitrogens is 5. The molecule has 0 aliphatic heterocycles. The van der Waals surface area contributed by atoms with Crippen molar-refractivity contribution in [2.45, 2.75) is 39.1 Å². The molecule has 2 N–H and O–H groups in total. The Bertz CT molecular complexity index is 1490. The minimum Gasteiger partial charge on any atom is -0.481 e. The Morgan fingerprint density at radius 1 is 1.11 bits per heavy atom. The van der Waals surface area contributed by atoms with Gasteiger partial charge in [-0.3, -0.25) is 0 Å². The number of allylic oxidation sites excluding steroid dienone is 2. The van der Waals surface area contributed by atoms with E-state index in [4.69, 9.17) is 16.3 Å². The molecule has 0 spiro atoms. The van der Waals surface area contributed by atoms with E-state index in [9.17, 15) is 18.3 Å². The number of ether oxygens (including phenoxy) is 1. The fourth-order valence-electron chi connectivity index (χ4n) is 4.44. The predicted molar refractivity (Wildman–Crippen MR) is 138 cm³/mol. The second-order valence-electron chi connectivity index (χ2n) is 8.91. The highest BCUT2D eigenvalue weighted by atomic mass is 35.5. The van der Waals surface area contributed by atoms with Gasteiger partial charge in [0.05, 0.1) is 47.0 Å². The molecular weight excluding hydrogens is 521 g/mol. The van der Waals surface area contributed by atoms with E-state index >= 15 is 0 Å². The van der Waals surface area contributed by atoms with Crippen LogP contribution in [0.5, 0.6) is 5.88 Å². The van der Waals surface area contributed by atoms with Crippen LogP contribution in [0.25, 0.3) is 10.9 Å². The monoisotopic (exact) mass is 548 g/mol. The summed E-state index contributed by atoms with van der Waals surface area (Å²) < 4.78 is 48.8. The highest BCUT2D eigenvalue weighted by Crippen LogP contribution is 2.40. The molecule has 3 heterocycles. The second-order valence-corrected chi connectivity index (χ2v) is 9.29. The molecule has 0 aliphatic rings. The van der Waals surface area contributed by atoms with Crippen molar-refractivity contribution in [3.63, 3.8) is 0 Å². The Labute approximate surface area is 222 Å². The Morgan fingerprint density at radius 3 is 2.13 bits per heavy atom. The first-order valence-corrected chi connectivity index (χ1v) is 12.1. The van der Waals surface area contributed by atoms with Crippen molar-refractivity contribution in [2.75, 3.05) is 7.11 Å². The first kappa shape index (κ1) is 27.5. The maximum absolute atomic E-state index is 13.3. The molecule has 0 unspecified atom stereocenters. The Kier molecular flexibility index (Phi) is 7.19. The van der Waals surface area contributed by atoms with E-state index < -0.39 is 17.5 Å². The van der Waals surface area contributed by atoms with Crippen molar-refractivity contribution < 1.29 is 23.0 Å². The van der Waals surface area contributed by atoms with Gasteiger partial charge < -0.3 is 24.3 Å². The fraction of sp³-hybridized carbons (Fsp3) is 0.346. The molecule has 38 heavy (non-hydrogen) atoms. The summed E-state index contributed by atoms with van der Waals surface area (Å²) in [6.07, 6.45) is -0.411. The minimum absolute atomic E-state index is 0.0974. The molecule has 0 aliphatic carbocycles. The lowest BCUT2D eigenvalue weighted by Crippen LogP contribution is -2.33. The van der Waals surface area contributed by atoms with Crippen LogP contribution in [0.4, 0.5) is 13.2 Å². The number of hydrogen-bond donors (Lipinski definition) is 2. The average Bonchev–Trinajstić information content (AvgIpc) is 3.39. The van der Waals surface area contributed by atoms with Crippen LogP contribution in [0.15, 0.2) is 42.4 Å². The molecule has 0 radical (unpaired) electrons. The van der Waals surface area contributed by atoms with E-state index in [2.05, 4.69) is 20.3 Å². The van der Waals surface area contributed by atoms with Gasteiger partial charge in [-0.25, -0.2) is 15.0 Å². The highest BCUT2D eigenvalue weighted by Gasteiger charge is 2.40. The summed E-state index contributed by atoms with van der Waals surface area (Å²) in [7, 11) is 4.97. The number of alkyl halides is 3. The van der Waals surface area contributed by atoms with Crippen LogP contribution < -0.4 is 10.1 Å². The van der Waals surface area contributed by atoms with Crippen molar-refractivity contribution >= 4 is 22.5 Å². The van der Waals surface area contributed by atoms with Crippen LogP contribution in [0.2, 0.25) is 5.02 Å². The topological polar surface area (TPSA) is 90.0 Å². The molecular formula is C26H28ClF3N6O2. The van der Waals surface area contributed by atoms with Crippen molar-refractivity contribution in [1.29, 1.82) is 0 Å². The number of aliphatic hydroxyl groups is 1. The first-order chi connectivity index (χ1) is 17.8. The third kappa shape index (κ3) is 4.49. The number of halogens is 4. The molecule has 0 saturated carbocycles. The quantitative estimate of drug-likeness (QED) is 0.344.